The van der Waals surface area contributed by atoms with Gasteiger partial charge in [0.05, 0.1) is 38.0 Å². The summed E-state index contributed by atoms with van der Waals surface area (Å²) in [6, 6.07) is 8.86. The minimum Gasteiger partial charge on any atom is -0.477 e. The van der Waals surface area contributed by atoms with Gasteiger partial charge in [0.1, 0.15) is 6.61 Å². The minimum atomic E-state index is -4.50. The Morgan fingerprint density at radius 2 is 1.24 bits per heavy atom. The lowest BCUT2D eigenvalue weighted by Gasteiger charge is -2.03. The second-order valence-corrected chi connectivity index (χ2v) is 11.0. The lowest BCUT2D eigenvalue weighted by atomic mass is 10.2. The zero-order chi connectivity index (χ0) is 30.1. The molecule has 0 spiro atoms. The fourth-order valence-electron chi connectivity index (χ4n) is 3.67. The highest BCUT2D eigenvalue weighted by Gasteiger charge is 2.20. The average molecular weight is 607 g/mol. The first-order chi connectivity index (χ1) is 19.2. The highest BCUT2D eigenvalue weighted by Crippen LogP contribution is 2.16. The third-order valence-electron chi connectivity index (χ3n) is 5.60. The summed E-state index contributed by atoms with van der Waals surface area (Å²) in [5.74, 6) is -1.52. The van der Waals surface area contributed by atoms with Crippen LogP contribution in [0.4, 0.5) is 0 Å². The van der Waals surface area contributed by atoms with E-state index < -0.39 is 59.4 Å². The van der Waals surface area contributed by atoms with Crippen molar-refractivity contribution in [1.82, 2.24) is 19.6 Å². The van der Waals surface area contributed by atoms with Gasteiger partial charge in [0.25, 0.3) is 31.4 Å². The highest BCUT2D eigenvalue weighted by molar-refractivity contribution is 7.86. The molecule has 4 aromatic rings. The first-order valence-electron chi connectivity index (χ1n) is 11.0. The van der Waals surface area contributed by atoms with E-state index in [0.717, 1.165) is 57.9 Å². The summed E-state index contributed by atoms with van der Waals surface area (Å²) in [6.07, 6.45) is 2.06. The van der Waals surface area contributed by atoms with E-state index >= 15 is 0 Å². The second-order valence-electron chi connectivity index (χ2n) is 8.16. The third-order valence-corrected chi connectivity index (χ3v) is 7.33. The fourth-order valence-corrected chi connectivity index (χ4v) is 4.63. The predicted octanol–water partition coefficient (Wildman–Crippen LogP) is 1.15. The summed E-state index contributed by atoms with van der Waals surface area (Å²) in [4.78, 5) is 41.0. The Morgan fingerprint density at radius 1 is 0.805 bits per heavy atom. The quantitative estimate of drug-likeness (QED) is 0.0679. The number of hydrogen-bond donors (Lipinski definition) is 6. The first-order valence-corrected chi connectivity index (χ1v) is 13.9. The molecule has 0 radical (unpaired) electrons. The van der Waals surface area contributed by atoms with Crippen LogP contribution in [0.5, 0.6) is 0 Å². The molecule has 2 aromatic carbocycles. The van der Waals surface area contributed by atoms with Gasteiger partial charge >= 0.3 is 5.97 Å². The number of nitrogens with zero attached hydrogens (tertiary/aromatic N) is 2. The molecule has 0 bridgehead atoms. The van der Waals surface area contributed by atoms with Crippen molar-refractivity contribution in [2.24, 2.45) is 0 Å². The molecule has 16 nitrogen and oxygen atoms in total. The molecule has 6 N–H and O–H groups in total. The van der Waals surface area contributed by atoms with E-state index in [1.54, 1.807) is 0 Å². The fraction of sp³-hybridized carbons (Fsp3) is 0.0435. The number of aromatic carboxylic acids is 1. The number of carboxylic acid groups (broad SMARTS) is 1. The molecule has 0 unspecified atom stereocenters. The molecule has 18 heteroatoms. The minimum absolute atomic E-state index is 0.0288. The van der Waals surface area contributed by atoms with Crippen LogP contribution in [0.15, 0.2) is 73.6 Å². The molecule has 0 saturated carbocycles. The number of carboxylic acids is 1. The largest absolute Gasteiger partial charge is 0.477 e. The van der Waals surface area contributed by atoms with Crippen LogP contribution in [0.1, 0.15) is 27.3 Å². The predicted molar refractivity (Wildman–Crippen MR) is 139 cm³/mol. The van der Waals surface area contributed by atoms with Gasteiger partial charge in [0.2, 0.25) is 0 Å². The molecule has 41 heavy (non-hydrogen) atoms. The molecular formula is C23H18N4O12S2. The summed E-state index contributed by atoms with van der Waals surface area (Å²) >= 11 is 0. The molecule has 2 aromatic heterocycles. The zero-order valence-electron chi connectivity index (χ0n) is 20.2. The number of hydrogen-bond acceptors (Lipinski definition) is 9. The van der Waals surface area contributed by atoms with E-state index in [-0.39, 0.29) is 28.2 Å². The Balaban J connectivity index is 1.77. The lowest BCUT2D eigenvalue weighted by molar-refractivity contribution is -0.253. The summed E-state index contributed by atoms with van der Waals surface area (Å²) in [6.45, 7) is -0.504. The monoisotopic (exact) mass is 606 g/mol. The first kappa shape index (κ1) is 29.2. The summed E-state index contributed by atoms with van der Waals surface area (Å²) < 4.78 is 65.1. The van der Waals surface area contributed by atoms with E-state index in [1.165, 1.54) is 12.1 Å². The standard InChI is InChI=1S/C23H18N4O12S2/c28-21-17(19(12-39-32)24-26(21)13-4-8-15(9-5-13)40(33,34)35)2-1-3-18-20(23(30)31)25-27(22(18)29)14-6-10-16(11-7-14)41(36,37)38/h2-11,24-25,32H,12H2,(H,30,31)(H,33,34,35)(H,36,37,38). The summed E-state index contributed by atoms with van der Waals surface area (Å²) in [7, 11) is -8.98. The maximum absolute atomic E-state index is 13.0. The average Bonchev–Trinajstić information content (AvgIpc) is 3.40. The Morgan fingerprint density at radius 3 is 1.68 bits per heavy atom. The van der Waals surface area contributed by atoms with Crippen LogP contribution in [-0.4, -0.2) is 61.8 Å². The van der Waals surface area contributed by atoms with E-state index in [9.17, 15) is 36.3 Å². The lowest BCUT2D eigenvalue weighted by Crippen LogP contribution is -2.16. The van der Waals surface area contributed by atoms with Crippen molar-refractivity contribution < 1.29 is 46.0 Å². The summed E-state index contributed by atoms with van der Waals surface area (Å²) in [5.41, 5.74) is 0.106. The van der Waals surface area contributed by atoms with E-state index in [1.807, 2.05) is 0 Å². The molecule has 0 atom stereocenters. The van der Waals surface area contributed by atoms with Crippen LogP contribution in [0.3, 0.4) is 0 Å². The van der Waals surface area contributed by atoms with Crippen molar-refractivity contribution in [3.63, 3.8) is 0 Å². The molecule has 0 amide bonds. The highest BCUT2D eigenvalue weighted by atomic mass is 32.2. The van der Waals surface area contributed by atoms with E-state index in [0.29, 0.717) is 0 Å². The van der Waals surface area contributed by atoms with Gasteiger partial charge in [-0.1, -0.05) is 0 Å². The van der Waals surface area contributed by atoms with Gasteiger partial charge in [-0.2, -0.15) is 16.8 Å². The van der Waals surface area contributed by atoms with Gasteiger partial charge in [-0.3, -0.25) is 34.1 Å². The van der Waals surface area contributed by atoms with Crippen molar-refractivity contribution in [1.29, 1.82) is 0 Å². The molecule has 214 valence electrons. The number of nitrogens with one attached hydrogen (secondary N) is 2. The third kappa shape index (κ3) is 6.03. The van der Waals surface area contributed by atoms with Crippen molar-refractivity contribution in [2.75, 3.05) is 0 Å². The van der Waals surface area contributed by atoms with Crippen molar-refractivity contribution in [2.45, 2.75) is 16.4 Å². The molecule has 0 aliphatic rings. The van der Waals surface area contributed by atoms with E-state index in [2.05, 4.69) is 20.8 Å². The topological polar surface area (TPSA) is 251 Å². The molecule has 0 fully saturated rings. The van der Waals surface area contributed by atoms with Crippen LogP contribution < -0.4 is 11.1 Å². The normalized spacial score (nSPS) is 11.7. The van der Waals surface area contributed by atoms with Gasteiger partial charge < -0.3 is 5.11 Å². The molecule has 0 aliphatic heterocycles. The van der Waals surface area contributed by atoms with E-state index in [4.69, 9.17) is 14.4 Å². The van der Waals surface area contributed by atoms with Crippen molar-refractivity contribution in [3.05, 3.63) is 97.5 Å². The Kier molecular flexibility index (Phi) is 7.82. The second kappa shape index (κ2) is 11.0. The molecule has 0 aliphatic carbocycles. The molecule has 4 rings (SSSR count). The summed E-state index contributed by atoms with van der Waals surface area (Å²) in [5, 5.41) is 23.5. The Labute approximate surface area is 229 Å². The number of rotatable bonds is 9. The van der Waals surface area contributed by atoms with Crippen LogP contribution in [-0.2, 0) is 31.7 Å². The van der Waals surface area contributed by atoms with Crippen LogP contribution in [0, 0.1) is 0 Å². The van der Waals surface area contributed by atoms with Crippen LogP contribution >= 0.6 is 0 Å². The maximum Gasteiger partial charge on any atom is 0.354 e. The van der Waals surface area contributed by atoms with Crippen LogP contribution in [0.2, 0.25) is 0 Å². The van der Waals surface area contributed by atoms with Crippen molar-refractivity contribution >= 4 is 38.4 Å². The molecular weight excluding hydrogens is 588 g/mol. The van der Waals surface area contributed by atoms with Gasteiger partial charge in [0.15, 0.2) is 5.69 Å². The Hall–Kier alpha value is -4.81. The number of H-pyrrole nitrogens is 2. The van der Waals surface area contributed by atoms with Crippen LogP contribution in [0.25, 0.3) is 23.5 Å². The van der Waals surface area contributed by atoms with Gasteiger partial charge in [-0.05, 0) is 60.7 Å². The number of benzene rings is 2. The number of aromatic amines is 2. The Bertz CT molecular complexity index is 2040. The van der Waals surface area contributed by atoms with Gasteiger partial charge in [0, 0.05) is 0 Å². The number of carbonyl (C=O) groups is 1. The van der Waals surface area contributed by atoms with Gasteiger partial charge in [-0.15, -0.1) is 5.73 Å². The zero-order valence-corrected chi connectivity index (χ0v) is 21.9. The maximum atomic E-state index is 13.0. The number of aromatic nitrogens is 4. The molecule has 2 heterocycles. The smallest absolute Gasteiger partial charge is 0.354 e. The van der Waals surface area contributed by atoms with Crippen molar-refractivity contribution in [3.8, 4) is 11.4 Å². The molecule has 0 saturated heterocycles. The van der Waals surface area contributed by atoms with Gasteiger partial charge in [-0.25, -0.2) is 19.0 Å². The SMILES string of the molecule is O=C(O)c1[nH]n(-c2ccc(S(=O)(=O)O)cc2)c(=O)c1C=C=Cc1c(COO)[nH]n(-c2ccc(S(=O)(=O)O)cc2)c1=O.